The minimum Gasteiger partial charge on any atom is -0.0689 e. The van der Waals surface area contributed by atoms with Crippen LogP contribution in [0.1, 0.15) is 55.9 Å². The van der Waals surface area contributed by atoms with E-state index in [1.807, 2.05) is 0 Å². The minimum absolute atomic E-state index is 0.314. The van der Waals surface area contributed by atoms with Gasteiger partial charge in [0, 0.05) is 0 Å². The molecule has 0 spiro atoms. The Morgan fingerprint density at radius 2 is 1.59 bits per heavy atom. The minimum atomic E-state index is 0.314. The lowest BCUT2D eigenvalue weighted by atomic mass is 9.79. The molecular weight excluding hydrogens is 264 g/mol. The maximum Gasteiger partial charge on any atom is -0.00106 e. The van der Waals surface area contributed by atoms with Gasteiger partial charge in [-0.1, -0.05) is 55.8 Å². The Morgan fingerprint density at radius 1 is 0.864 bits per heavy atom. The van der Waals surface area contributed by atoms with Crippen molar-refractivity contribution in [1.29, 1.82) is 0 Å². The zero-order valence-corrected chi connectivity index (χ0v) is 14.1. The number of fused-ring (bicyclic) bond motifs is 3. The number of benzene rings is 2. The number of hydrogen-bond donors (Lipinski definition) is 0. The Labute approximate surface area is 133 Å². The van der Waals surface area contributed by atoms with Gasteiger partial charge < -0.3 is 0 Å². The van der Waals surface area contributed by atoms with E-state index in [9.17, 15) is 0 Å². The highest BCUT2D eigenvalue weighted by Gasteiger charge is 2.33. The quantitative estimate of drug-likeness (QED) is 0.503. The van der Waals surface area contributed by atoms with Crippen LogP contribution in [0.5, 0.6) is 0 Å². The van der Waals surface area contributed by atoms with Crippen LogP contribution in [0.2, 0.25) is 0 Å². The molecule has 0 unspecified atom stereocenters. The van der Waals surface area contributed by atoms with Gasteiger partial charge in [-0.2, -0.15) is 0 Å². The van der Waals surface area contributed by atoms with Crippen LogP contribution in [0.25, 0.3) is 16.7 Å². The molecule has 0 fully saturated rings. The summed E-state index contributed by atoms with van der Waals surface area (Å²) >= 11 is 0. The molecule has 2 aromatic carbocycles. The summed E-state index contributed by atoms with van der Waals surface area (Å²) in [4.78, 5) is 0. The normalized spacial score (nSPS) is 18.5. The fourth-order valence-corrected chi connectivity index (χ4v) is 4.56. The summed E-state index contributed by atoms with van der Waals surface area (Å²) in [5.74, 6) is 0. The number of hydrogen-bond acceptors (Lipinski definition) is 0. The highest BCUT2D eigenvalue weighted by Crippen LogP contribution is 2.50. The fourth-order valence-electron chi connectivity index (χ4n) is 4.56. The van der Waals surface area contributed by atoms with E-state index < -0.39 is 0 Å². The predicted molar refractivity (Wildman–Crippen MR) is 95.0 cm³/mol. The monoisotopic (exact) mass is 288 g/mol. The van der Waals surface area contributed by atoms with Crippen LogP contribution >= 0.6 is 0 Å². The van der Waals surface area contributed by atoms with Gasteiger partial charge in [0.05, 0.1) is 0 Å². The maximum atomic E-state index is 2.40. The molecule has 0 saturated carbocycles. The van der Waals surface area contributed by atoms with Crippen molar-refractivity contribution in [3.8, 4) is 11.1 Å². The maximum absolute atomic E-state index is 2.40. The van der Waals surface area contributed by atoms with Crippen molar-refractivity contribution in [1.82, 2.24) is 0 Å². The lowest BCUT2D eigenvalue weighted by Crippen LogP contribution is -2.10. The van der Waals surface area contributed by atoms with Crippen LogP contribution in [0.15, 0.2) is 42.0 Å². The van der Waals surface area contributed by atoms with E-state index in [2.05, 4.69) is 64.1 Å². The third-order valence-corrected chi connectivity index (χ3v) is 5.77. The third-order valence-electron chi connectivity index (χ3n) is 5.77. The first-order valence-corrected chi connectivity index (χ1v) is 8.40. The molecule has 4 rings (SSSR count). The van der Waals surface area contributed by atoms with Crippen molar-refractivity contribution in [2.45, 2.75) is 47.0 Å². The van der Waals surface area contributed by atoms with E-state index in [0.717, 1.165) is 6.42 Å². The highest BCUT2D eigenvalue weighted by molar-refractivity contribution is 5.84. The van der Waals surface area contributed by atoms with Crippen LogP contribution in [-0.4, -0.2) is 0 Å². The third kappa shape index (κ3) is 1.83. The molecule has 2 aliphatic carbocycles. The van der Waals surface area contributed by atoms with Gasteiger partial charge in [0.1, 0.15) is 0 Å². The topological polar surface area (TPSA) is 0 Å². The van der Waals surface area contributed by atoms with Gasteiger partial charge in [0.15, 0.2) is 0 Å². The zero-order chi connectivity index (χ0) is 15.5. The Morgan fingerprint density at radius 3 is 2.32 bits per heavy atom. The first kappa shape index (κ1) is 13.8. The molecule has 0 bridgehead atoms. The Kier molecular flexibility index (Phi) is 2.88. The van der Waals surface area contributed by atoms with E-state index in [0.29, 0.717) is 5.41 Å². The standard InChI is InChI=1S/C22H24/c1-14-11-12-22(3,4)21(14)17-9-10-19-18-8-6-5-7-16(18)13-20(19)15(17)2/h5-10H,11-13H2,1-4H3. The van der Waals surface area contributed by atoms with Crippen LogP contribution in [0, 0.1) is 12.3 Å². The number of allylic oxidation sites excluding steroid dienone is 2. The van der Waals surface area contributed by atoms with Gasteiger partial charge in [-0.15, -0.1) is 0 Å². The summed E-state index contributed by atoms with van der Waals surface area (Å²) in [6.45, 7) is 9.46. The largest absolute Gasteiger partial charge is 0.0689 e. The van der Waals surface area contributed by atoms with Crippen molar-refractivity contribution in [2.24, 2.45) is 5.41 Å². The van der Waals surface area contributed by atoms with E-state index >= 15 is 0 Å². The smallest absolute Gasteiger partial charge is 0.00106 e. The second-order valence-electron chi connectivity index (χ2n) is 7.64. The summed E-state index contributed by atoms with van der Waals surface area (Å²) in [7, 11) is 0. The lowest BCUT2D eigenvalue weighted by Gasteiger charge is -2.25. The molecule has 0 heterocycles. The molecule has 0 heteroatoms. The van der Waals surface area contributed by atoms with Crippen molar-refractivity contribution in [2.75, 3.05) is 0 Å². The molecule has 2 aliphatic rings. The molecule has 0 amide bonds. The van der Waals surface area contributed by atoms with Gasteiger partial charge in [0.25, 0.3) is 0 Å². The average molecular weight is 288 g/mol. The van der Waals surface area contributed by atoms with Gasteiger partial charge in [0.2, 0.25) is 0 Å². The van der Waals surface area contributed by atoms with E-state index in [1.165, 1.54) is 40.7 Å². The Hall–Kier alpha value is -1.82. The molecule has 0 radical (unpaired) electrons. The summed E-state index contributed by atoms with van der Waals surface area (Å²) in [6.07, 6.45) is 3.63. The molecular formula is C22H24. The van der Waals surface area contributed by atoms with Crippen molar-refractivity contribution < 1.29 is 0 Å². The number of rotatable bonds is 1. The first-order chi connectivity index (χ1) is 10.5. The second-order valence-corrected chi connectivity index (χ2v) is 7.64. The molecule has 112 valence electrons. The second kappa shape index (κ2) is 4.59. The summed E-state index contributed by atoms with van der Waals surface area (Å²) in [5, 5.41) is 0. The molecule has 0 atom stereocenters. The molecule has 0 saturated heterocycles. The molecule has 0 aromatic heterocycles. The van der Waals surface area contributed by atoms with E-state index in [4.69, 9.17) is 0 Å². The Bertz CT molecular complexity index is 803. The van der Waals surface area contributed by atoms with Crippen LogP contribution < -0.4 is 0 Å². The first-order valence-electron chi connectivity index (χ1n) is 8.40. The Balaban J connectivity index is 1.90. The fraction of sp³-hybridized carbons (Fsp3) is 0.364. The van der Waals surface area contributed by atoms with Crippen molar-refractivity contribution in [3.05, 3.63) is 64.2 Å². The molecule has 0 aliphatic heterocycles. The summed E-state index contributed by atoms with van der Waals surface area (Å²) < 4.78 is 0. The average Bonchev–Trinajstić information content (AvgIpc) is 2.99. The van der Waals surface area contributed by atoms with Gasteiger partial charge >= 0.3 is 0 Å². The summed E-state index contributed by atoms with van der Waals surface area (Å²) in [6, 6.07) is 13.6. The summed E-state index contributed by atoms with van der Waals surface area (Å²) in [5.41, 5.74) is 12.4. The SMILES string of the molecule is CC1=C(c2ccc3c(c2C)Cc2ccccc2-3)C(C)(C)CC1. The van der Waals surface area contributed by atoms with Crippen LogP contribution in [0.3, 0.4) is 0 Å². The molecule has 2 aromatic rings. The molecule has 0 N–H and O–H groups in total. The van der Waals surface area contributed by atoms with Crippen molar-refractivity contribution in [3.63, 3.8) is 0 Å². The lowest BCUT2D eigenvalue weighted by molar-refractivity contribution is 0.486. The highest BCUT2D eigenvalue weighted by atomic mass is 14.4. The van der Waals surface area contributed by atoms with E-state index in [1.54, 1.807) is 16.7 Å². The molecule has 22 heavy (non-hydrogen) atoms. The van der Waals surface area contributed by atoms with Crippen LogP contribution in [0.4, 0.5) is 0 Å². The van der Waals surface area contributed by atoms with Gasteiger partial charge in [-0.3, -0.25) is 0 Å². The van der Waals surface area contributed by atoms with Gasteiger partial charge in [-0.25, -0.2) is 0 Å². The van der Waals surface area contributed by atoms with E-state index in [-0.39, 0.29) is 0 Å². The predicted octanol–water partition coefficient (Wildman–Crippen LogP) is 6.16. The van der Waals surface area contributed by atoms with Crippen LogP contribution in [-0.2, 0) is 6.42 Å². The zero-order valence-electron chi connectivity index (χ0n) is 14.1. The van der Waals surface area contributed by atoms with Crippen molar-refractivity contribution >= 4 is 5.57 Å². The van der Waals surface area contributed by atoms with Gasteiger partial charge in [-0.05, 0) is 77.5 Å². The molecule has 0 nitrogen and oxygen atoms in total.